The number of nitrogens with zero attached hydrogens (tertiary/aromatic N) is 1. The molecule has 0 bridgehead atoms. The summed E-state index contributed by atoms with van der Waals surface area (Å²) in [6.45, 7) is 0.790. The Hall–Kier alpha value is -3.47. The number of sulfonamides is 1. The van der Waals surface area contributed by atoms with E-state index in [4.69, 9.17) is 4.74 Å². The van der Waals surface area contributed by atoms with Crippen molar-refractivity contribution < 1.29 is 27.9 Å². The van der Waals surface area contributed by atoms with Crippen LogP contribution in [-0.4, -0.2) is 48.9 Å². The fourth-order valence-corrected chi connectivity index (χ4v) is 8.24. The number of carbonyl (C=O) groups is 1. The van der Waals surface area contributed by atoms with Crippen molar-refractivity contribution in [1.29, 1.82) is 0 Å². The van der Waals surface area contributed by atoms with Crippen molar-refractivity contribution in [2.24, 2.45) is 0 Å². The van der Waals surface area contributed by atoms with Crippen LogP contribution in [0.25, 0.3) is 21.2 Å². The maximum absolute atomic E-state index is 13.5. The molecule has 39 heavy (non-hydrogen) atoms. The van der Waals surface area contributed by atoms with Crippen molar-refractivity contribution in [3.05, 3.63) is 82.3 Å². The second-order valence-electron chi connectivity index (χ2n) is 8.94. The highest BCUT2D eigenvalue weighted by Crippen LogP contribution is 2.46. The van der Waals surface area contributed by atoms with Gasteiger partial charge in [-0.2, -0.15) is 4.31 Å². The van der Waals surface area contributed by atoms with Crippen LogP contribution in [0.15, 0.2) is 82.4 Å². The van der Waals surface area contributed by atoms with Gasteiger partial charge in [0.25, 0.3) is 0 Å². The Morgan fingerprint density at radius 2 is 1.82 bits per heavy atom. The zero-order valence-corrected chi connectivity index (χ0v) is 23.7. The van der Waals surface area contributed by atoms with Gasteiger partial charge in [-0.25, -0.2) is 18.0 Å². The molecule has 3 aromatic carbocycles. The van der Waals surface area contributed by atoms with Gasteiger partial charge in [0.15, 0.2) is 22.8 Å². The lowest BCUT2D eigenvalue weighted by molar-refractivity contribution is 0.0699. The molecule has 200 valence electrons. The van der Waals surface area contributed by atoms with Crippen LogP contribution >= 0.6 is 27.3 Å². The molecule has 5 rings (SSSR count). The molecule has 0 unspecified atom stereocenters. The number of rotatable bonds is 8. The van der Waals surface area contributed by atoms with E-state index < -0.39 is 16.0 Å². The number of carboxylic acid groups (broad SMARTS) is 1. The fourth-order valence-electron chi connectivity index (χ4n) is 4.70. The number of benzene rings is 3. The van der Waals surface area contributed by atoms with Crippen molar-refractivity contribution in [2.75, 3.05) is 18.4 Å². The van der Waals surface area contributed by atoms with E-state index in [1.165, 1.54) is 5.94 Å². The van der Waals surface area contributed by atoms with Gasteiger partial charge in [0.2, 0.25) is 10.0 Å². The van der Waals surface area contributed by atoms with Gasteiger partial charge in [-0.05, 0) is 57.9 Å². The highest BCUT2D eigenvalue weighted by molar-refractivity contribution is 9.10. The summed E-state index contributed by atoms with van der Waals surface area (Å²) in [5.74, 6) is 0.364. The second kappa shape index (κ2) is 11.3. The number of carbonyl (C=O) groups excluding carboxylic acids is 1. The van der Waals surface area contributed by atoms with Gasteiger partial charge >= 0.3 is 5.97 Å². The summed E-state index contributed by atoms with van der Waals surface area (Å²) in [6.07, 6.45) is 2.04. The number of hydrogen-bond acceptors (Lipinski definition) is 7. The number of ether oxygens (including phenoxy) is 1. The lowest BCUT2D eigenvalue weighted by Gasteiger charge is -2.32. The lowest BCUT2D eigenvalue weighted by Crippen LogP contribution is -2.42. The summed E-state index contributed by atoms with van der Waals surface area (Å²) in [5.41, 5.74) is 1.59. The molecule has 0 spiro atoms. The van der Waals surface area contributed by atoms with Gasteiger partial charge in [0.1, 0.15) is 0 Å². The van der Waals surface area contributed by atoms with E-state index in [2.05, 4.69) is 21.2 Å². The average Bonchev–Trinajstić information content (AvgIpc) is 3.28. The molecule has 0 radical (unpaired) electrons. The first-order valence-electron chi connectivity index (χ1n) is 12.1. The molecular formula is C28H23BrN2O6S2. The zero-order valence-electron chi connectivity index (χ0n) is 20.5. The topological polar surface area (TPSA) is 113 Å². The smallest absolute Gasteiger partial charge is 0.349 e. The molecular weight excluding hydrogens is 604 g/mol. The molecule has 1 aromatic heterocycles. The minimum absolute atomic E-state index is 0.0403. The van der Waals surface area contributed by atoms with Gasteiger partial charge in [-0.15, -0.1) is 11.3 Å². The number of fused-ring (bicyclic) bond motifs is 1. The number of thiophene rings is 1. The molecule has 0 saturated carbocycles. The van der Waals surface area contributed by atoms with Crippen molar-refractivity contribution in [3.8, 4) is 16.2 Å². The van der Waals surface area contributed by atoms with Crippen LogP contribution < -0.4 is 10.1 Å². The third kappa shape index (κ3) is 5.50. The fraction of sp³-hybridized carbons (Fsp3) is 0.179. The summed E-state index contributed by atoms with van der Waals surface area (Å²) in [5, 5.41) is 14.7. The molecule has 1 fully saturated rings. The van der Waals surface area contributed by atoms with Crippen LogP contribution in [0.1, 0.15) is 22.5 Å². The Bertz CT molecular complexity index is 1700. The number of carboxylic acids is 1. The maximum atomic E-state index is 13.5. The quantitative estimate of drug-likeness (QED) is 0.182. The van der Waals surface area contributed by atoms with Gasteiger partial charge in [-0.1, -0.05) is 48.5 Å². The molecule has 1 saturated heterocycles. The molecule has 2 heterocycles. The minimum Gasteiger partial charge on any atom is -0.477 e. The van der Waals surface area contributed by atoms with Crippen molar-refractivity contribution in [3.63, 3.8) is 0 Å². The maximum Gasteiger partial charge on any atom is 0.349 e. The Kier molecular flexibility index (Phi) is 7.88. The van der Waals surface area contributed by atoms with Crippen molar-refractivity contribution in [2.45, 2.75) is 23.8 Å². The monoisotopic (exact) mass is 626 g/mol. The van der Waals surface area contributed by atoms with Gasteiger partial charge in [0, 0.05) is 30.2 Å². The predicted molar refractivity (Wildman–Crippen MR) is 155 cm³/mol. The summed E-state index contributed by atoms with van der Waals surface area (Å²) in [7, 11) is -3.63. The molecule has 1 aliphatic rings. The van der Waals surface area contributed by atoms with E-state index in [0.717, 1.165) is 39.6 Å². The van der Waals surface area contributed by atoms with Crippen LogP contribution in [0.2, 0.25) is 0 Å². The molecule has 8 nitrogen and oxygen atoms in total. The normalized spacial score (nSPS) is 14.6. The minimum atomic E-state index is -3.63. The van der Waals surface area contributed by atoms with Crippen LogP contribution in [0.3, 0.4) is 0 Å². The number of anilines is 1. The number of aromatic carboxylic acids is 1. The summed E-state index contributed by atoms with van der Waals surface area (Å²) in [4.78, 5) is 23.2. The highest BCUT2D eigenvalue weighted by Gasteiger charge is 2.30. The van der Waals surface area contributed by atoms with E-state index >= 15 is 0 Å². The Morgan fingerprint density at radius 1 is 1.10 bits per heavy atom. The summed E-state index contributed by atoms with van der Waals surface area (Å²) < 4.78 is 34.1. The predicted octanol–water partition coefficient (Wildman–Crippen LogP) is 6.02. The van der Waals surface area contributed by atoms with Crippen molar-refractivity contribution in [1.82, 2.24) is 4.31 Å². The number of hydrogen-bond donors (Lipinski definition) is 2. The summed E-state index contributed by atoms with van der Waals surface area (Å²) in [6, 6.07) is 20.4. The largest absolute Gasteiger partial charge is 0.477 e. The van der Waals surface area contributed by atoms with E-state index in [1.807, 2.05) is 54.6 Å². The first kappa shape index (κ1) is 27.1. The molecule has 0 amide bonds. The van der Waals surface area contributed by atoms with Gasteiger partial charge < -0.3 is 15.2 Å². The molecule has 1 aliphatic heterocycles. The lowest BCUT2D eigenvalue weighted by atomic mass is 10.1. The SMILES string of the molecule is O=C=COc1c(C(=O)O)sc(-c2cccc(NC3CCN(S(=O)(=O)c4cccc5ccccc45)CC3)c2)c1Br. The van der Waals surface area contributed by atoms with E-state index in [9.17, 15) is 23.1 Å². The van der Waals surface area contributed by atoms with E-state index in [0.29, 0.717) is 40.2 Å². The Balaban J connectivity index is 1.31. The van der Waals surface area contributed by atoms with Gasteiger partial charge in [0.05, 0.1) is 14.2 Å². The van der Waals surface area contributed by atoms with Crippen LogP contribution in [0.5, 0.6) is 5.75 Å². The van der Waals surface area contributed by atoms with E-state index in [1.54, 1.807) is 16.4 Å². The average molecular weight is 628 g/mol. The number of piperidine rings is 1. The standard InChI is InChI=1S/C28H23BrN2O6S2/c29-24-25(37-16-15-32)27(28(33)34)38-26(24)19-7-3-8-21(17-19)30-20-11-13-31(14-12-20)39(35,36)23-10-4-6-18-5-1-2-9-22(18)23/h1-10,16-17,20,30H,11-14H2,(H,33,34). The molecule has 4 aromatic rings. The third-order valence-electron chi connectivity index (χ3n) is 6.55. The van der Waals surface area contributed by atoms with E-state index in [-0.39, 0.29) is 16.7 Å². The Morgan fingerprint density at radius 3 is 2.56 bits per heavy atom. The Labute approximate surface area is 237 Å². The molecule has 2 N–H and O–H groups in total. The molecule has 0 aliphatic carbocycles. The van der Waals surface area contributed by atoms with Crippen LogP contribution in [0.4, 0.5) is 5.69 Å². The zero-order chi connectivity index (χ0) is 27.6. The highest BCUT2D eigenvalue weighted by atomic mass is 79.9. The first-order valence-corrected chi connectivity index (χ1v) is 15.1. The first-order chi connectivity index (χ1) is 18.8. The number of nitrogens with one attached hydrogen (secondary N) is 1. The van der Waals surface area contributed by atoms with Crippen LogP contribution in [-0.2, 0) is 14.8 Å². The van der Waals surface area contributed by atoms with Gasteiger partial charge in [-0.3, -0.25) is 0 Å². The molecule has 11 heteroatoms. The van der Waals surface area contributed by atoms with Crippen molar-refractivity contribution >= 4 is 65.7 Å². The molecule has 0 atom stereocenters. The third-order valence-corrected chi connectivity index (χ3v) is 10.7. The summed E-state index contributed by atoms with van der Waals surface area (Å²) >= 11 is 4.44. The second-order valence-corrected chi connectivity index (χ2v) is 12.7. The van der Waals surface area contributed by atoms with Crippen LogP contribution in [0, 0.1) is 0 Å². The number of halogens is 1.